The lowest BCUT2D eigenvalue weighted by atomic mass is 9.72. The standard InChI is InChI=1S/C7H12O2/c1-5-4-9-6-2-3-7(5,6)8/h5-6,8H,2-4H2,1H3/t5-,6-,7+/m0/s1. The number of rotatable bonds is 0. The number of hydrogen-bond donors (Lipinski definition) is 1. The van der Waals surface area contributed by atoms with Gasteiger partial charge in [-0.1, -0.05) is 6.92 Å². The molecule has 1 heterocycles. The zero-order valence-electron chi connectivity index (χ0n) is 5.63. The van der Waals surface area contributed by atoms with Gasteiger partial charge in [0.1, 0.15) is 0 Å². The van der Waals surface area contributed by atoms with Crippen LogP contribution in [0.5, 0.6) is 0 Å². The first kappa shape index (κ1) is 5.69. The number of fused-ring (bicyclic) bond motifs is 1. The van der Waals surface area contributed by atoms with E-state index in [1.54, 1.807) is 0 Å². The summed E-state index contributed by atoms with van der Waals surface area (Å²) in [6.07, 6.45) is 2.17. The summed E-state index contributed by atoms with van der Waals surface area (Å²) in [5, 5.41) is 9.69. The lowest BCUT2D eigenvalue weighted by molar-refractivity contribution is -0.120. The minimum Gasteiger partial charge on any atom is -0.387 e. The molecule has 1 saturated carbocycles. The molecule has 0 amide bonds. The van der Waals surface area contributed by atoms with E-state index >= 15 is 0 Å². The van der Waals surface area contributed by atoms with E-state index in [0.717, 1.165) is 19.4 Å². The van der Waals surface area contributed by atoms with Crippen LogP contribution in [0.1, 0.15) is 19.8 Å². The zero-order chi connectivity index (χ0) is 6.48. The van der Waals surface area contributed by atoms with Crippen LogP contribution in [-0.4, -0.2) is 23.4 Å². The Morgan fingerprint density at radius 3 is 2.67 bits per heavy atom. The number of aliphatic hydroxyl groups is 1. The molecule has 0 aromatic heterocycles. The fourth-order valence-corrected chi connectivity index (χ4v) is 1.75. The summed E-state index contributed by atoms with van der Waals surface area (Å²) in [5.41, 5.74) is -0.431. The van der Waals surface area contributed by atoms with Crippen LogP contribution in [-0.2, 0) is 4.74 Å². The van der Waals surface area contributed by atoms with Gasteiger partial charge in [0.15, 0.2) is 0 Å². The predicted molar refractivity (Wildman–Crippen MR) is 33.1 cm³/mol. The first-order valence-electron chi connectivity index (χ1n) is 3.57. The van der Waals surface area contributed by atoms with Gasteiger partial charge in [-0.05, 0) is 12.8 Å². The minimum absolute atomic E-state index is 0.174. The quantitative estimate of drug-likeness (QED) is 0.516. The molecule has 1 saturated heterocycles. The van der Waals surface area contributed by atoms with Gasteiger partial charge in [-0.25, -0.2) is 0 Å². The molecule has 0 aromatic rings. The topological polar surface area (TPSA) is 29.5 Å². The van der Waals surface area contributed by atoms with Crippen molar-refractivity contribution in [1.29, 1.82) is 0 Å². The number of hydrogen-bond acceptors (Lipinski definition) is 2. The molecular formula is C7H12O2. The smallest absolute Gasteiger partial charge is 0.0956 e. The van der Waals surface area contributed by atoms with Crippen molar-refractivity contribution in [3.05, 3.63) is 0 Å². The molecule has 2 heteroatoms. The van der Waals surface area contributed by atoms with Crippen LogP contribution in [0.15, 0.2) is 0 Å². The van der Waals surface area contributed by atoms with E-state index in [1.165, 1.54) is 0 Å². The zero-order valence-corrected chi connectivity index (χ0v) is 5.63. The second kappa shape index (κ2) is 1.50. The average Bonchev–Trinajstić information content (AvgIpc) is 1.96. The fourth-order valence-electron chi connectivity index (χ4n) is 1.75. The first-order valence-corrected chi connectivity index (χ1v) is 3.57. The van der Waals surface area contributed by atoms with E-state index in [2.05, 4.69) is 6.92 Å². The van der Waals surface area contributed by atoms with E-state index in [4.69, 9.17) is 4.74 Å². The molecule has 2 nitrogen and oxygen atoms in total. The molecule has 0 spiro atoms. The van der Waals surface area contributed by atoms with Crippen LogP contribution < -0.4 is 0 Å². The highest BCUT2D eigenvalue weighted by Gasteiger charge is 2.54. The third kappa shape index (κ3) is 0.528. The molecule has 1 N–H and O–H groups in total. The molecule has 0 aromatic carbocycles. The molecule has 2 aliphatic rings. The van der Waals surface area contributed by atoms with Gasteiger partial charge in [-0.2, -0.15) is 0 Å². The molecule has 0 bridgehead atoms. The van der Waals surface area contributed by atoms with E-state index in [-0.39, 0.29) is 6.10 Å². The lowest BCUT2D eigenvalue weighted by Gasteiger charge is -2.40. The van der Waals surface area contributed by atoms with Gasteiger partial charge in [-0.3, -0.25) is 0 Å². The Morgan fingerprint density at radius 2 is 2.44 bits per heavy atom. The van der Waals surface area contributed by atoms with Crippen molar-refractivity contribution in [2.24, 2.45) is 5.92 Å². The lowest BCUT2D eigenvalue weighted by Crippen LogP contribution is -2.51. The van der Waals surface area contributed by atoms with Crippen molar-refractivity contribution in [2.45, 2.75) is 31.5 Å². The Balaban J connectivity index is 2.18. The average molecular weight is 128 g/mol. The molecule has 3 atom stereocenters. The second-order valence-electron chi connectivity index (χ2n) is 3.25. The summed E-state index contributed by atoms with van der Waals surface area (Å²) in [6, 6.07) is 0. The van der Waals surface area contributed by atoms with Gasteiger partial charge in [0.2, 0.25) is 0 Å². The van der Waals surface area contributed by atoms with Crippen molar-refractivity contribution >= 4 is 0 Å². The van der Waals surface area contributed by atoms with Gasteiger partial charge in [0, 0.05) is 5.92 Å². The number of ether oxygens (including phenoxy) is 1. The molecular weight excluding hydrogens is 116 g/mol. The van der Waals surface area contributed by atoms with Crippen LogP contribution >= 0.6 is 0 Å². The Hall–Kier alpha value is -0.0800. The molecule has 2 fully saturated rings. The highest BCUT2D eigenvalue weighted by molar-refractivity contribution is 5.04. The summed E-state index contributed by atoms with van der Waals surface area (Å²) < 4.78 is 5.32. The van der Waals surface area contributed by atoms with E-state index in [0.29, 0.717) is 5.92 Å². The van der Waals surface area contributed by atoms with Crippen LogP contribution in [0, 0.1) is 5.92 Å². The largest absolute Gasteiger partial charge is 0.387 e. The summed E-state index contributed by atoms with van der Waals surface area (Å²) in [6.45, 7) is 2.81. The maximum Gasteiger partial charge on any atom is 0.0956 e. The van der Waals surface area contributed by atoms with Crippen molar-refractivity contribution < 1.29 is 9.84 Å². The van der Waals surface area contributed by atoms with E-state index < -0.39 is 5.60 Å². The molecule has 0 radical (unpaired) electrons. The van der Waals surface area contributed by atoms with Gasteiger partial charge in [0.05, 0.1) is 18.3 Å². The molecule has 1 aliphatic heterocycles. The van der Waals surface area contributed by atoms with Crippen LogP contribution in [0.2, 0.25) is 0 Å². The third-order valence-electron chi connectivity index (χ3n) is 2.77. The Morgan fingerprint density at radius 1 is 1.67 bits per heavy atom. The molecule has 9 heavy (non-hydrogen) atoms. The van der Waals surface area contributed by atoms with Crippen molar-refractivity contribution in [1.82, 2.24) is 0 Å². The summed E-state index contributed by atoms with van der Waals surface area (Å²) >= 11 is 0. The highest BCUT2D eigenvalue weighted by atomic mass is 16.5. The van der Waals surface area contributed by atoms with Crippen LogP contribution in [0.25, 0.3) is 0 Å². The van der Waals surface area contributed by atoms with Crippen molar-refractivity contribution in [3.8, 4) is 0 Å². The van der Waals surface area contributed by atoms with Gasteiger partial charge < -0.3 is 9.84 Å². The predicted octanol–water partition coefficient (Wildman–Crippen LogP) is 0.546. The maximum atomic E-state index is 9.69. The Kier molecular flexibility index (Phi) is 0.945. The third-order valence-corrected chi connectivity index (χ3v) is 2.77. The molecule has 0 unspecified atom stereocenters. The first-order chi connectivity index (χ1) is 4.23. The molecule has 2 rings (SSSR count). The highest BCUT2D eigenvalue weighted by Crippen LogP contribution is 2.45. The Labute approximate surface area is 54.8 Å². The van der Waals surface area contributed by atoms with Gasteiger partial charge >= 0.3 is 0 Å². The SMILES string of the molecule is C[C@H]1CO[C@H]2CC[C@]21O. The minimum atomic E-state index is -0.431. The summed E-state index contributed by atoms with van der Waals surface area (Å²) in [4.78, 5) is 0. The Bertz CT molecular complexity index is 127. The summed E-state index contributed by atoms with van der Waals surface area (Å²) in [7, 11) is 0. The van der Waals surface area contributed by atoms with Crippen molar-refractivity contribution in [2.75, 3.05) is 6.61 Å². The van der Waals surface area contributed by atoms with Gasteiger partial charge in [0.25, 0.3) is 0 Å². The van der Waals surface area contributed by atoms with Crippen LogP contribution in [0.4, 0.5) is 0 Å². The normalized spacial score (nSPS) is 56.7. The summed E-state index contributed by atoms with van der Waals surface area (Å²) in [5.74, 6) is 0.358. The fraction of sp³-hybridized carbons (Fsp3) is 1.00. The van der Waals surface area contributed by atoms with Crippen LogP contribution in [0.3, 0.4) is 0 Å². The van der Waals surface area contributed by atoms with E-state index in [9.17, 15) is 5.11 Å². The molecule has 1 aliphatic carbocycles. The van der Waals surface area contributed by atoms with Crippen molar-refractivity contribution in [3.63, 3.8) is 0 Å². The monoisotopic (exact) mass is 128 g/mol. The van der Waals surface area contributed by atoms with E-state index in [1.807, 2.05) is 0 Å². The molecule has 52 valence electrons. The van der Waals surface area contributed by atoms with Gasteiger partial charge in [-0.15, -0.1) is 0 Å². The maximum absolute atomic E-state index is 9.69. The second-order valence-corrected chi connectivity index (χ2v) is 3.25.